The minimum absolute atomic E-state index is 0.0234. The van der Waals surface area contributed by atoms with E-state index in [1.807, 2.05) is 6.07 Å². The summed E-state index contributed by atoms with van der Waals surface area (Å²) in [5, 5.41) is 10.3. The van der Waals surface area contributed by atoms with Crippen molar-refractivity contribution in [1.29, 1.82) is 0 Å². The number of halogens is 3. The molecule has 0 fully saturated rings. The summed E-state index contributed by atoms with van der Waals surface area (Å²) in [4.78, 5) is 15.5. The zero-order chi connectivity index (χ0) is 18.6. The number of alkyl halides is 3. The highest BCUT2D eigenvalue weighted by molar-refractivity contribution is 7.99. The van der Waals surface area contributed by atoms with Gasteiger partial charge in [0, 0.05) is 11.9 Å². The van der Waals surface area contributed by atoms with Crippen LogP contribution >= 0.6 is 11.8 Å². The molecule has 1 N–H and O–H groups in total. The highest BCUT2D eigenvalue weighted by Gasteiger charge is 2.30. The molecule has 2 heterocycles. The maximum absolute atomic E-state index is 12.5. The molecule has 0 saturated heterocycles. The summed E-state index contributed by atoms with van der Waals surface area (Å²) in [6.07, 6.45) is -3.77. The van der Waals surface area contributed by atoms with Gasteiger partial charge in [-0.2, -0.15) is 13.2 Å². The molecule has 26 heavy (non-hydrogen) atoms. The molecule has 134 valence electrons. The van der Waals surface area contributed by atoms with Gasteiger partial charge in [-0.15, -0.1) is 10.2 Å². The monoisotopic (exact) mass is 380 g/mol. The summed E-state index contributed by atoms with van der Waals surface area (Å²) >= 11 is 1.01. The molecule has 0 spiro atoms. The van der Waals surface area contributed by atoms with Gasteiger partial charge in [-0.05, 0) is 24.3 Å². The third-order valence-corrected chi connectivity index (χ3v) is 3.92. The first-order valence-corrected chi connectivity index (χ1v) is 8.25. The highest BCUT2D eigenvalue weighted by atomic mass is 32.2. The normalized spacial score (nSPS) is 11.3. The van der Waals surface area contributed by atoms with Crippen molar-refractivity contribution in [3.63, 3.8) is 0 Å². The average molecular weight is 380 g/mol. The van der Waals surface area contributed by atoms with Crippen molar-refractivity contribution in [2.24, 2.45) is 0 Å². The quantitative estimate of drug-likeness (QED) is 0.677. The lowest BCUT2D eigenvalue weighted by Crippen LogP contribution is -2.13. The van der Waals surface area contributed by atoms with E-state index in [1.54, 1.807) is 24.3 Å². The van der Waals surface area contributed by atoms with Crippen LogP contribution in [0.25, 0.3) is 11.6 Å². The minimum atomic E-state index is -4.46. The molecule has 0 aliphatic carbocycles. The Kier molecular flexibility index (Phi) is 5.21. The lowest BCUT2D eigenvalue weighted by atomic mass is 10.2. The number of hydrogen-bond donors (Lipinski definition) is 1. The molecule has 1 aromatic carbocycles. The predicted octanol–water partition coefficient (Wildman–Crippen LogP) is 3.88. The van der Waals surface area contributed by atoms with Crippen LogP contribution < -0.4 is 5.32 Å². The molecule has 3 aromatic rings. The van der Waals surface area contributed by atoms with E-state index in [9.17, 15) is 18.0 Å². The van der Waals surface area contributed by atoms with Gasteiger partial charge < -0.3 is 9.73 Å². The lowest BCUT2D eigenvalue weighted by Gasteiger charge is -2.05. The SMILES string of the molecule is O=C(CSc1nnc(-c2ccc(C(F)(F)F)cn2)o1)Nc1ccccc1. The van der Waals surface area contributed by atoms with E-state index in [4.69, 9.17) is 4.42 Å². The Morgan fingerprint density at radius 3 is 2.54 bits per heavy atom. The molecule has 0 unspecified atom stereocenters. The van der Waals surface area contributed by atoms with Gasteiger partial charge in [0.05, 0.1) is 11.3 Å². The van der Waals surface area contributed by atoms with Gasteiger partial charge in [0.15, 0.2) is 0 Å². The summed E-state index contributed by atoms with van der Waals surface area (Å²) in [6.45, 7) is 0. The molecule has 0 aliphatic rings. The molecule has 1 amide bonds. The van der Waals surface area contributed by atoms with Gasteiger partial charge in [0.2, 0.25) is 5.91 Å². The number of nitrogens with zero attached hydrogens (tertiary/aromatic N) is 3. The number of nitrogens with one attached hydrogen (secondary N) is 1. The van der Waals surface area contributed by atoms with Crippen LogP contribution in [0.1, 0.15) is 5.56 Å². The number of hydrogen-bond acceptors (Lipinski definition) is 6. The Labute approximate surface area is 149 Å². The molecular formula is C16H11F3N4O2S. The van der Waals surface area contributed by atoms with E-state index in [2.05, 4.69) is 20.5 Å². The number of para-hydroxylation sites is 1. The molecule has 0 atom stereocenters. The number of thioether (sulfide) groups is 1. The van der Waals surface area contributed by atoms with Gasteiger partial charge >= 0.3 is 6.18 Å². The van der Waals surface area contributed by atoms with E-state index in [-0.39, 0.29) is 28.5 Å². The molecule has 6 nitrogen and oxygen atoms in total. The molecule has 0 radical (unpaired) electrons. The summed E-state index contributed by atoms with van der Waals surface area (Å²) in [5.74, 6) is -0.241. The predicted molar refractivity (Wildman–Crippen MR) is 88.3 cm³/mol. The molecule has 3 rings (SSSR count). The van der Waals surface area contributed by atoms with Crippen molar-refractivity contribution in [1.82, 2.24) is 15.2 Å². The Morgan fingerprint density at radius 2 is 1.88 bits per heavy atom. The van der Waals surface area contributed by atoms with Crippen LogP contribution in [0.2, 0.25) is 0 Å². The van der Waals surface area contributed by atoms with E-state index in [0.717, 1.165) is 23.9 Å². The molecule has 10 heteroatoms. The van der Waals surface area contributed by atoms with Crippen LogP contribution in [-0.4, -0.2) is 26.8 Å². The number of aromatic nitrogens is 3. The van der Waals surface area contributed by atoms with Crippen molar-refractivity contribution in [3.05, 3.63) is 54.2 Å². The van der Waals surface area contributed by atoms with Crippen molar-refractivity contribution < 1.29 is 22.4 Å². The van der Waals surface area contributed by atoms with Crippen LogP contribution in [0.4, 0.5) is 18.9 Å². The van der Waals surface area contributed by atoms with Gasteiger partial charge in [-0.1, -0.05) is 30.0 Å². The summed E-state index contributed by atoms with van der Waals surface area (Å²) in [7, 11) is 0. The average Bonchev–Trinajstić information content (AvgIpc) is 3.09. The van der Waals surface area contributed by atoms with Crippen LogP contribution in [0.15, 0.2) is 58.3 Å². The molecule has 0 aliphatic heterocycles. The maximum atomic E-state index is 12.5. The van der Waals surface area contributed by atoms with Crippen LogP contribution in [0.3, 0.4) is 0 Å². The summed E-state index contributed by atoms with van der Waals surface area (Å²) < 4.78 is 42.9. The van der Waals surface area contributed by atoms with Crippen molar-refractivity contribution in [2.75, 3.05) is 11.1 Å². The maximum Gasteiger partial charge on any atom is 0.417 e. The zero-order valence-corrected chi connectivity index (χ0v) is 13.8. The molecular weight excluding hydrogens is 369 g/mol. The van der Waals surface area contributed by atoms with Gasteiger partial charge in [0.25, 0.3) is 11.1 Å². The third-order valence-electron chi connectivity index (χ3n) is 3.10. The lowest BCUT2D eigenvalue weighted by molar-refractivity contribution is -0.137. The highest BCUT2D eigenvalue weighted by Crippen LogP contribution is 2.30. The standard InChI is InChI=1S/C16H11F3N4O2S/c17-16(18,19)10-6-7-12(20-8-10)14-22-23-15(25-14)26-9-13(24)21-11-4-2-1-3-5-11/h1-8H,9H2,(H,21,24). The topological polar surface area (TPSA) is 80.9 Å². The fraction of sp³-hybridized carbons (Fsp3) is 0.125. The Hall–Kier alpha value is -2.88. The largest absolute Gasteiger partial charge is 0.417 e. The number of amides is 1. The summed E-state index contributed by atoms with van der Waals surface area (Å²) in [5.41, 5.74) is -0.0858. The third kappa shape index (κ3) is 4.60. The number of anilines is 1. The Balaban J connectivity index is 1.58. The van der Waals surface area contributed by atoms with E-state index >= 15 is 0 Å². The zero-order valence-electron chi connectivity index (χ0n) is 13.0. The van der Waals surface area contributed by atoms with Gasteiger partial charge in [0.1, 0.15) is 5.69 Å². The van der Waals surface area contributed by atoms with Gasteiger partial charge in [-0.25, -0.2) is 0 Å². The molecule has 0 bridgehead atoms. The second kappa shape index (κ2) is 7.56. The first-order valence-electron chi connectivity index (χ1n) is 7.26. The molecule has 2 aromatic heterocycles. The van der Waals surface area contributed by atoms with Crippen molar-refractivity contribution in [3.8, 4) is 11.6 Å². The number of carbonyl (C=O) groups is 1. The van der Waals surface area contributed by atoms with E-state index in [1.165, 1.54) is 0 Å². The first kappa shape index (κ1) is 17.9. The first-order chi connectivity index (χ1) is 12.4. The second-order valence-corrected chi connectivity index (χ2v) is 5.93. The van der Waals surface area contributed by atoms with E-state index < -0.39 is 11.7 Å². The smallest absolute Gasteiger partial charge is 0.410 e. The van der Waals surface area contributed by atoms with Gasteiger partial charge in [-0.3, -0.25) is 9.78 Å². The fourth-order valence-electron chi connectivity index (χ4n) is 1.91. The fourth-order valence-corrected chi connectivity index (χ4v) is 2.47. The van der Waals surface area contributed by atoms with Crippen molar-refractivity contribution in [2.45, 2.75) is 11.4 Å². The van der Waals surface area contributed by atoms with Crippen molar-refractivity contribution >= 4 is 23.4 Å². The summed E-state index contributed by atoms with van der Waals surface area (Å²) in [6, 6.07) is 11.0. The molecule has 0 saturated carbocycles. The van der Waals surface area contributed by atoms with Crippen LogP contribution in [0.5, 0.6) is 0 Å². The van der Waals surface area contributed by atoms with Crippen LogP contribution in [0, 0.1) is 0 Å². The number of pyridine rings is 1. The number of carbonyl (C=O) groups excluding carboxylic acids is 1. The van der Waals surface area contributed by atoms with Crippen LogP contribution in [-0.2, 0) is 11.0 Å². The van der Waals surface area contributed by atoms with E-state index in [0.29, 0.717) is 11.9 Å². The minimum Gasteiger partial charge on any atom is -0.410 e. The number of benzene rings is 1. The Bertz CT molecular complexity index is 883. The Morgan fingerprint density at radius 1 is 1.12 bits per heavy atom. The number of rotatable bonds is 5. The second-order valence-electron chi connectivity index (χ2n) is 5.01.